The second-order valence-corrected chi connectivity index (χ2v) is 16.0. The van der Waals surface area contributed by atoms with Crippen LogP contribution in [-0.4, -0.2) is 9.97 Å². The van der Waals surface area contributed by atoms with Crippen LogP contribution in [0.2, 0.25) is 0 Å². The maximum atomic E-state index is 5.38. The van der Waals surface area contributed by atoms with Crippen LogP contribution in [-0.2, 0) is 0 Å². The summed E-state index contributed by atoms with van der Waals surface area (Å²) in [6.07, 6.45) is 0. The van der Waals surface area contributed by atoms with Gasteiger partial charge in [0.25, 0.3) is 0 Å². The van der Waals surface area contributed by atoms with E-state index >= 15 is 0 Å². The number of fused-ring (bicyclic) bond motifs is 6. The van der Waals surface area contributed by atoms with Gasteiger partial charge in [-0.2, -0.15) is 0 Å². The summed E-state index contributed by atoms with van der Waals surface area (Å²) in [5.74, 6) is 0.693. The first kappa shape index (κ1) is 35.7. The highest BCUT2D eigenvalue weighted by Gasteiger charge is 2.22. The first-order valence-corrected chi connectivity index (χ1v) is 21.2. The fourth-order valence-corrected chi connectivity index (χ4v) is 9.73. The predicted molar refractivity (Wildman–Crippen MR) is 262 cm³/mol. The molecule has 0 spiro atoms. The molecule has 0 saturated heterocycles. The van der Waals surface area contributed by atoms with Gasteiger partial charge < -0.3 is 0 Å². The third-order valence-corrected chi connectivity index (χ3v) is 12.5. The molecule has 62 heavy (non-hydrogen) atoms. The van der Waals surface area contributed by atoms with E-state index in [0.29, 0.717) is 5.82 Å². The van der Waals surface area contributed by atoms with E-state index in [9.17, 15) is 0 Å². The van der Waals surface area contributed by atoms with Crippen molar-refractivity contribution in [3.05, 3.63) is 231 Å². The van der Waals surface area contributed by atoms with Crippen molar-refractivity contribution < 1.29 is 0 Å². The van der Waals surface area contributed by atoms with Crippen LogP contribution in [0.1, 0.15) is 0 Å². The van der Waals surface area contributed by atoms with Crippen molar-refractivity contribution in [3.8, 4) is 67.3 Å². The third kappa shape index (κ3) is 5.88. The fraction of sp³-hybridized carbons (Fsp3) is 0. The normalized spacial score (nSPS) is 11.5. The number of benzene rings is 11. The maximum absolute atomic E-state index is 5.38. The number of nitrogens with zero attached hydrogens (tertiary/aromatic N) is 2. The van der Waals surface area contributed by atoms with Gasteiger partial charge in [0.15, 0.2) is 5.82 Å². The van der Waals surface area contributed by atoms with E-state index in [1.165, 1.54) is 76.3 Å². The zero-order valence-electron chi connectivity index (χ0n) is 33.8. The monoisotopic (exact) mass is 786 g/mol. The van der Waals surface area contributed by atoms with Crippen LogP contribution in [0, 0.1) is 0 Å². The summed E-state index contributed by atoms with van der Waals surface area (Å²) in [5, 5.41) is 12.2. The lowest BCUT2D eigenvalue weighted by Crippen LogP contribution is -1.98. The van der Waals surface area contributed by atoms with E-state index in [4.69, 9.17) is 9.97 Å². The average molecular weight is 787 g/mol. The first-order valence-electron chi connectivity index (χ1n) is 21.2. The summed E-state index contributed by atoms with van der Waals surface area (Å²) in [6.45, 7) is 0. The van der Waals surface area contributed by atoms with Crippen LogP contribution >= 0.6 is 0 Å². The highest BCUT2D eigenvalue weighted by atomic mass is 14.9. The van der Waals surface area contributed by atoms with Crippen molar-refractivity contribution in [2.45, 2.75) is 0 Å². The van der Waals surface area contributed by atoms with Crippen molar-refractivity contribution in [1.82, 2.24) is 9.97 Å². The van der Waals surface area contributed by atoms with Gasteiger partial charge in [0.1, 0.15) is 0 Å². The Hall–Kier alpha value is -8.20. The van der Waals surface area contributed by atoms with Gasteiger partial charge in [0.05, 0.1) is 11.4 Å². The Bertz CT molecular complexity index is 3680. The second-order valence-electron chi connectivity index (χ2n) is 16.0. The molecule has 12 aromatic rings. The molecule has 0 saturated carbocycles. The minimum absolute atomic E-state index is 0.693. The van der Waals surface area contributed by atoms with Crippen LogP contribution in [0.15, 0.2) is 231 Å². The minimum atomic E-state index is 0.693. The SMILES string of the molecule is c1ccc(-c2nc(-c3ccccc3-c3cccc4ccccc34)cc(-c3ccc(-c4c5ccccc5c(-c5ccccc5)c5ccc6ccccc6c45)c4ccccc34)n2)cc1. The number of rotatable bonds is 6. The predicted octanol–water partition coefficient (Wildman–Crippen LogP) is 16.2. The molecule has 0 aliphatic heterocycles. The van der Waals surface area contributed by atoms with Crippen molar-refractivity contribution in [2.24, 2.45) is 0 Å². The summed E-state index contributed by atoms with van der Waals surface area (Å²) in [5.41, 5.74) is 12.1. The standard InChI is InChI=1S/C60H38N2/c1-3-20-41(21-4-1)57-51-31-15-16-32-52(51)59(58-44-26-10-8-19-40(44)34-35-54(57)58)53-37-36-50(47-28-11-12-29-48(47)53)56-38-55(61-60(62-56)42-22-5-2-6-23-42)49-30-14-13-27-46(49)45-33-17-24-39-18-7-9-25-43(39)45/h1-38H. The highest BCUT2D eigenvalue weighted by Crippen LogP contribution is 2.49. The lowest BCUT2D eigenvalue weighted by molar-refractivity contribution is 1.19. The molecule has 0 aliphatic carbocycles. The Labute approximate surface area is 360 Å². The highest BCUT2D eigenvalue weighted by molar-refractivity contribution is 6.29. The number of hydrogen-bond donors (Lipinski definition) is 0. The molecule has 1 aromatic heterocycles. The summed E-state index contributed by atoms with van der Waals surface area (Å²) in [4.78, 5) is 10.7. The molecule has 0 radical (unpaired) electrons. The summed E-state index contributed by atoms with van der Waals surface area (Å²) in [6, 6.07) is 83.0. The molecule has 2 nitrogen and oxygen atoms in total. The van der Waals surface area contributed by atoms with E-state index in [2.05, 4.69) is 224 Å². The molecule has 0 fully saturated rings. The molecular formula is C60H38N2. The fourth-order valence-electron chi connectivity index (χ4n) is 9.73. The van der Waals surface area contributed by atoms with Crippen LogP contribution in [0.4, 0.5) is 0 Å². The number of hydrogen-bond acceptors (Lipinski definition) is 2. The smallest absolute Gasteiger partial charge is 0.160 e. The largest absolute Gasteiger partial charge is 0.228 e. The molecular weight excluding hydrogens is 749 g/mol. The van der Waals surface area contributed by atoms with Gasteiger partial charge in [-0.05, 0) is 93.3 Å². The molecule has 1 heterocycles. The van der Waals surface area contributed by atoms with E-state index < -0.39 is 0 Å². The van der Waals surface area contributed by atoms with Gasteiger partial charge in [0.2, 0.25) is 0 Å². The molecule has 0 atom stereocenters. The van der Waals surface area contributed by atoms with Gasteiger partial charge >= 0.3 is 0 Å². The summed E-state index contributed by atoms with van der Waals surface area (Å²) >= 11 is 0. The van der Waals surface area contributed by atoms with Gasteiger partial charge in [-0.25, -0.2) is 9.97 Å². The van der Waals surface area contributed by atoms with Gasteiger partial charge in [0, 0.05) is 16.7 Å². The Morgan fingerprint density at radius 3 is 1.45 bits per heavy atom. The molecule has 12 rings (SSSR count). The van der Waals surface area contributed by atoms with Crippen molar-refractivity contribution in [1.29, 1.82) is 0 Å². The van der Waals surface area contributed by atoms with Crippen LogP contribution < -0.4 is 0 Å². The molecule has 0 N–H and O–H groups in total. The van der Waals surface area contributed by atoms with E-state index in [1.807, 2.05) is 6.07 Å². The van der Waals surface area contributed by atoms with Gasteiger partial charge in [-0.15, -0.1) is 0 Å². The quantitative estimate of drug-likeness (QED) is 0.124. The van der Waals surface area contributed by atoms with E-state index in [-0.39, 0.29) is 0 Å². The van der Waals surface area contributed by atoms with Gasteiger partial charge in [-0.3, -0.25) is 0 Å². The lowest BCUT2D eigenvalue weighted by atomic mass is 9.82. The average Bonchev–Trinajstić information content (AvgIpc) is 3.35. The Balaban J connectivity index is 1.13. The first-order chi connectivity index (χ1) is 30.8. The molecule has 0 amide bonds. The Morgan fingerprint density at radius 1 is 0.242 bits per heavy atom. The van der Waals surface area contributed by atoms with Crippen molar-refractivity contribution in [3.63, 3.8) is 0 Å². The lowest BCUT2D eigenvalue weighted by Gasteiger charge is -2.21. The molecule has 11 aromatic carbocycles. The maximum Gasteiger partial charge on any atom is 0.160 e. The van der Waals surface area contributed by atoms with Crippen LogP contribution in [0.3, 0.4) is 0 Å². The molecule has 288 valence electrons. The van der Waals surface area contributed by atoms with Crippen molar-refractivity contribution >= 4 is 53.9 Å². The Kier molecular flexibility index (Phi) is 8.53. The third-order valence-electron chi connectivity index (χ3n) is 12.5. The van der Waals surface area contributed by atoms with Crippen LogP contribution in [0.25, 0.3) is 121 Å². The van der Waals surface area contributed by atoms with E-state index in [0.717, 1.165) is 39.0 Å². The number of aromatic nitrogens is 2. The molecule has 0 aliphatic rings. The zero-order valence-corrected chi connectivity index (χ0v) is 33.8. The second kappa shape index (κ2) is 14.8. The topological polar surface area (TPSA) is 25.8 Å². The molecule has 0 unspecified atom stereocenters. The minimum Gasteiger partial charge on any atom is -0.228 e. The molecule has 2 heteroatoms. The molecule has 0 bridgehead atoms. The van der Waals surface area contributed by atoms with Gasteiger partial charge in [-0.1, -0.05) is 224 Å². The van der Waals surface area contributed by atoms with Crippen molar-refractivity contribution in [2.75, 3.05) is 0 Å². The van der Waals surface area contributed by atoms with E-state index in [1.54, 1.807) is 0 Å². The van der Waals surface area contributed by atoms with Crippen LogP contribution in [0.5, 0.6) is 0 Å². The zero-order chi connectivity index (χ0) is 41.0. The summed E-state index contributed by atoms with van der Waals surface area (Å²) < 4.78 is 0. The summed E-state index contributed by atoms with van der Waals surface area (Å²) in [7, 11) is 0. The Morgan fingerprint density at radius 2 is 0.726 bits per heavy atom.